The first-order chi connectivity index (χ1) is 14.8. The molecule has 1 aliphatic heterocycles. The van der Waals surface area contributed by atoms with Crippen LogP contribution in [-0.2, 0) is 6.61 Å². The van der Waals surface area contributed by atoms with Crippen molar-refractivity contribution in [2.24, 2.45) is 5.73 Å². The quantitative estimate of drug-likeness (QED) is 0.667. The van der Waals surface area contributed by atoms with Crippen molar-refractivity contribution in [1.82, 2.24) is 4.98 Å². The Labute approximate surface area is 178 Å². The minimum absolute atomic E-state index is 0.0201. The number of pyridine rings is 1. The van der Waals surface area contributed by atoms with Crippen molar-refractivity contribution in [3.05, 3.63) is 88.0 Å². The van der Waals surface area contributed by atoms with Crippen molar-refractivity contribution in [3.63, 3.8) is 0 Å². The van der Waals surface area contributed by atoms with Crippen LogP contribution in [0.15, 0.2) is 48.5 Å². The minimum atomic E-state index is -0.640. The van der Waals surface area contributed by atoms with Gasteiger partial charge in [-0.15, -0.1) is 0 Å². The fraction of sp³-hybridized carbons (Fsp3) is 0.208. The zero-order chi connectivity index (χ0) is 22.1. The number of rotatable bonds is 5. The number of hydrogen-bond acceptors (Lipinski definition) is 5. The van der Waals surface area contributed by atoms with E-state index in [-0.39, 0.29) is 35.9 Å². The summed E-state index contributed by atoms with van der Waals surface area (Å²) >= 11 is 0. The van der Waals surface area contributed by atoms with Crippen LogP contribution in [-0.4, -0.2) is 16.7 Å². The molecule has 6 nitrogen and oxygen atoms in total. The summed E-state index contributed by atoms with van der Waals surface area (Å²) in [4.78, 5) is 28.1. The van der Waals surface area contributed by atoms with Gasteiger partial charge in [0.05, 0.1) is 12.0 Å². The fourth-order valence-corrected chi connectivity index (χ4v) is 3.60. The van der Waals surface area contributed by atoms with Crippen LogP contribution in [0.3, 0.4) is 0 Å². The Morgan fingerprint density at radius 1 is 1.16 bits per heavy atom. The first-order valence-electron chi connectivity index (χ1n) is 9.80. The number of ether oxygens (including phenoxy) is 2. The van der Waals surface area contributed by atoms with Gasteiger partial charge in [0.25, 0.3) is 0 Å². The number of hydrogen-bond donors (Lipinski definition) is 1. The summed E-state index contributed by atoms with van der Waals surface area (Å²) in [6.07, 6.45) is -0.345. The van der Waals surface area contributed by atoms with E-state index in [0.29, 0.717) is 5.56 Å². The number of nitrogens with zero attached hydrogens (tertiary/aromatic N) is 1. The summed E-state index contributed by atoms with van der Waals surface area (Å²) in [5, 5.41) is 0. The molecule has 3 aromatic rings. The summed E-state index contributed by atoms with van der Waals surface area (Å²) in [6.45, 7) is 3.84. The smallest absolute Gasteiger partial charge is 0.248 e. The maximum atomic E-state index is 14.5. The lowest BCUT2D eigenvalue weighted by Crippen LogP contribution is -2.21. The number of fused-ring (bicyclic) bond motifs is 1. The number of carbonyl (C=O) groups excluding carboxylic acids is 2. The van der Waals surface area contributed by atoms with E-state index in [4.69, 9.17) is 15.2 Å². The van der Waals surface area contributed by atoms with E-state index in [0.717, 1.165) is 28.6 Å². The number of Topliss-reactive ketones (excluding diaryl/α,β-unsaturated/α-hetero) is 1. The van der Waals surface area contributed by atoms with Gasteiger partial charge in [0.15, 0.2) is 17.3 Å². The van der Waals surface area contributed by atoms with Gasteiger partial charge in [0.1, 0.15) is 18.5 Å². The Bertz CT molecular complexity index is 1150. The van der Waals surface area contributed by atoms with E-state index in [2.05, 4.69) is 4.98 Å². The van der Waals surface area contributed by atoms with Crippen LogP contribution in [0, 0.1) is 19.7 Å². The van der Waals surface area contributed by atoms with Gasteiger partial charge in [-0.25, -0.2) is 4.39 Å². The third-order valence-electron chi connectivity index (χ3n) is 5.08. The molecule has 158 valence electrons. The van der Waals surface area contributed by atoms with Crippen LogP contribution < -0.4 is 15.2 Å². The molecule has 0 saturated carbocycles. The zero-order valence-corrected chi connectivity index (χ0v) is 17.1. The van der Waals surface area contributed by atoms with Crippen molar-refractivity contribution in [3.8, 4) is 11.5 Å². The van der Waals surface area contributed by atoms with Gasteiger partial charge in [-0.05, 0) is 55.3 Å². The Morgan fingerprint density at radius 3 is 2.48 bits per heavy atom. The van der Waals surface area contributed by atoms with Gasteiger partial charge in [0, 0.05) is 23.0 Å². The highest BCUT2D eigenvalue weighted by Gasteiger charge is 2.30. The number of carbonyl (C=O) groups is 2. The second kappa shape index (κ2) is 8.18. The lowest BCUT2D eigenvalue weighted by Gasteiger charge is -2.26. The minimum Gasteiger partial charge on any atom is -0.486 e. The molecule has 0 bridgehead atoms. The maximum absolute atomic E-state index is 14.5. The third-order valence-corrected chi connectivity index (χ3v) is 5.08. The Hall–Kier alpha value is -3.74. The number of aryl methyl sites for hydroxylation is 2. The summed E-state index contributed by atoms with van der Waals surface area (Å²) in [7, 11) is 0. The standard InChI is InChI=1S/C24H21FN2O4/c1-13-7-17(8-14(2)27-13)21-10-20(28)18-9-19(25)23(11-22(18)31-21)30-12-15-3-5-16(6-4-15)24(26)29/h3-9,11,21H,10,12H2,1-2H3,(H2,26,29). The molecular weight excluding hydrogens is 399 g/mol. The highest BCUT2D eigenvalue weighted by atomic mass is 19.1. The highest BCUT2D eigenvalue weighted by molar-refractivity contribution is 6.00. The van der Waals surface area contributed by atoms with Gasteiger partial charge in [-0.3, -0.25) is 14.6 Å². The molecule has 0 radical (unpaired) electrons. The number of nitrogens with two attached hydrogens (primary N) is 1. The van der Waals surface area contributed by atoms with Gasteiger partial charge in [0.2, 0.25) is 5.91 Å². The van der Waals surface area contributed by atoms with Crippen LogP contribution in [0.4, 0.5) is 4.39 Å². The van der Waals surface area contributed by atoms with Crippen LogP contribution in [0.25, 0.3) is 0 Å². The van der Waals surface area contributed by atoms with Crippen LogP contribution in [0.5, 0.6) is 11.5 Å². The molecule has 2 heterocycles. The van der Waals surface area contributed by atoms with Gasteiger partial charge < -0.3 is 15.2 Å². The zero-order valence-electron chi connectivity index (χ0n) is 17.1. The molecule has 1 amide bonds. The summed E-state index contributed by atoms with van der Waals surface area (Å²) in [5.74, 6) is -1.09. The Morgan fingerprint density at radius 2 is 1.84 bits per heavy atom. The van der Waals surface area contributed by atoms with Crippen molar-refractivity contribution < 1.29 is 23.5 Å². The normalized spacial score (nSPS) is 15.2. The van der Waals surface area contributed by atoms with Crippen molar-refractivity contribution in [2.45, 2.75) is 33.0 Å². The van der Waals surface area contributed by atoms with Crippen molar-refractivity contribution in [2.75, 3.05) is 0 Å². The molecule has 2 N–H and O–H groups in total. The summed E-state index contributed by atoms with van der Waals surface area (Å²) < 4.78 is 26.2. The first kappa shape index (κ1) is 20.5. The number of halogens is 1. The van der Waals surface area contributed by atoms with Crippen molar-refractivity contribution in [1.29, 1.82) is 0 Å². The average molecular weight is 420 g/mol. The fourth-order valence-electron chi connectivity index (χ4n) is 3.60. The van der Waals surface area contributed by atoms with Crippen LogP contribution >= 0.6 is 0 Å². The van der Waals surface area contributed by atoms with E-state index in [1.165, 1.54) is 6.07 Å². The van der Waals surface area contributed by atoms with E-state index < -0.39 is 17.8 Å². The molecular formula is C24H21FN2O4. The summed E-state index contributed by atoms with van der Waals surface area (Å²) in [5.41, 5.74) is 9.07. The molecule has 1 atom stereocenters. The SMILES string of the molecule is Cc1cc(C2CC(=O)c3cc(F)c(OCc4ccc(C(N)=O)cc4)cc3O2)cc(C)n1. The van der Waals surface area contributed by atoms with Gasteiger partial charge in [-0.1, -0.05) is 12.1 Å². The molecule has 0 aliphatic carbocycles. The van der Waals surface area contributed by atoms with Gasteiger partial charge in [-0.2, -0.15) is 0 Å². The lowest BCUT2D eigenvalue weighted by molar-refractivity contribution is 0.0847. The number of aromatic nitrogens is 1. The molecule has 0 spiro atoms. The predicted molar refractivity (Wildman–Crippen MR) is 112 cm³/mol. The molecule has 1 aromatic heterocycles. The average Bonchev–Trinajstić information content (AvgIpc) is 2.72. The molecule has 1 aliphatic rings. The summed E-state index contributed by atoms with van der Waals surface area (Å²) in [6, 6.07) is 12.8. The second-order valence-electron chi connectivity index (χ2n) is 7.55. The highest BCUT2D eigenvalue weighted by Crippen LogP contribution is 2.38. The lowest BCUT2D eigenvalue weighted by atomic mass is 9.95. The molecule has 1 unspecified atom stereocenters. The van der Waals surface area contributed by atoms with Gasteiger partial charge >= 0.3 is 0 Å². The Balaban J connectivity index is 1.56. The molecule has 0 saturated heterocycles. The molecule has 7 heteroatoms. The van der Waals surface area contributed by atoms with Crippen LogP contribution in [0.1, 0.15) is 55.8 Å². The molecule has 31 heavy (non-hydrogen) atoms. The molecule has 0 fully saturated rings. The third kappa shape index (κ3) is 4.40. The monoisotopic (exact) mass is 420 g/mol. The van der Waals surface area contributed by atoms with Crippen molar-refractivity contribution >= 4 is 11.7 Å². The van der Waals surface area contributed by atoms with E-state index in [1.54, 1.807) is 24.3 Å². The number of amides is 1. The predicted octanol–water partition coefficient (Wildman–Crippen LogP) is 4.22. The molecule has 2 aromatic carbocycles. The largest absolute Gasteiger partial charge is 0.486 e. The van der Waals surface area contributed by atoms with E-state index in [9.17, 15) is 14.0 Å². The number of primary amides is 1. The van der Waals surface area contributed by atoms with E-state index >= 15 is 0 Å². The first-order valence-corrected chi connectivity index (χ1v) is 9.80. The Kier molecular flexibility index (Phi) is 5.42. The molecule has 4 rings (SSSR count). The topological polar surface area (TPSA) is 91.5 Å². The van der Waals surface area contributed by atoms with E-state index in [1.807, 2.05) is 26.0 Å². The number of ketones is 1. The van der Waals surface area contributed by atoms with Crippen LogP contribution in [0.2, 0.25) is 0 Å². The second-order valence-corrected chi connectivity index (χ2v) is 7.55. The number of benzene rings is 2. The maximum Gasteiger partial charge on any atom is 0.248 e.